The number of aromatic nitrogens is 3. The number of rotatable bonds is 5. The number of nitrogens with zero attached hydrogens (tertiary/aromatic N) is 3. The highest BCUT2D eigenvalue weighted by Crippen LogP contribution is 2.35. The number of sulfone groups is 1. The van der Waals surface area contributed by atoms with Crippen LogP contribution in [0.2, 0.25) is 0 Å². The number of anilines is 1. The predicted octanol–water partition coefficient (Wildman–Crippen LogP) is 4.05. The van der Waals surface area contributed by atoms with Crippen molar-refractivity contribution in [2.24, 2.45) is 5.92 Å². The van der Waals surface area contributed by atoms with E-state index in [1.165, 1.54) is 0 Å². The van der Waals surface area contributed by atoms with Crippen molar-refractivity contribution in [2.45, 2.75) is 36.6 Å². The molecule has 0 radical (unpaired) electrons. The van der Waals surface area contributed by atoms with Crippen molar-refractivity contribution >= 4 is 37.9 Å². The average molecular weight is 395 g/mol. The molecule has 2 N–H and O–H groups in total. The summed E-state index contributed by atoms with van der Waals surface area (Å²) in [6, 6.07) is 15.7. The van der Waals surface area contributed by atoms with Crippen LogP contribution in [0, 0.1) is 5.92 Å². The first-order valence-corrected chi connectivity index (χ1v) is 10.7. The highest BCUT2D eigenvalue weighted by Gasteiger charge is 2.30. The molecule has 7 heteroatoms. The van der Waals surface area contributed by atoms with Crippen molar-refractivity contribution in [3.8, 4) is 0 Å². The van der Waals surface area contributed by atoms with Crippen molar-refractivity contribution < 1.29 is 8.42 Å². The Balaban J connectivity index is 2.05. The van der Waals surface area contributed by atoms with Crippen molar-refractivity contribution in [1.82, 2.24) is 14.5 Å². The van der Waals surface area contributed by atoms with Gasteiger partial charge in [0.25, 0.3) is 0 Å². The molecule has 0 bridgehead atoms. The van der Waals surface area contributed by atoms with Crippen LogP contribution in [-0.2, 0) is 16.4 Å². The quantitative estimate of drug-likeness (QED) is 0.551. The topological polar surface area (TPSA) is 90.9 Å². The van der Waals surface area contributed by atoms with Gasteiger partial charge >= 0.3 is 0 Å². The maximum atomic E-state index is 13.4. The van der Waals surface area contributed by atoms with E-state index in [1.807, 2.05) is 24.3 Å². The minimum Gasteiger partial charge on any atom is -0.384 e. The molecule has 28 heavy (non-hydrogen) atoms. The normalized spacial score (nSPS) is 12.2. The van der Waals surface area contributed by atoms with Crippen LogP contribution in [0.25, 0.3) is 22.2 Å². The zero-order valence-electron chi connectivity index (χ0n) is 15.8. The minimum absolute atomic E-state index is 0.0377. The van der Waals surface area contributed by atoms with Crippen molar-refractivity contribution in [2.75, 3.05) is 5.73 Å². The Labute approximate surface area is 164 Å². The van der Waals surface area contributed by atoms with Crippen LogP contribution in [0.5, 0.6) is 0 Å². The van der Waals surface area contributed by atoms with Crippen LogP contribution >= 0.6 is 0 Å². The first-order valence-electron chi connectivity index (χ1n) is 9.24. The second-order valence-electron chi connectivity index (χ2n) is 7.25. The average Bonchev–Trinajstić information content (AvgIpc) is 2.96. The summed E-state index contributed by atoms with van der Waals surface area (Å²) in [4.78, 5) is 9.57. The number of hydrogen-bond donors (Lipinski definition) is 1. The fourth-order valence-electron chi connectivity index (χ4n) is 3.29. The van der Waals surface area contributed by atoms with Gasteiger partial charge in [-0.15, -0.1) is 0 Å². The lowest BCUT2D eigenvalue weighted by Gasteiger charge is -2.10. The summed E-state index contributed by atoms with van der Waals surface area (Å²) < 4.78 is 28.6. The molecule has 0 spiro atoms. The summed E-state index contributed by atoms with van der Waals surface area (Å²) in [6.07, 6.45) is 0.854. The Morgan fingerprint density at radius 1 is 0.964 bits per heavy atom. The molecular formula is C21H22N4O2S. The van der Waals surface area contributed by atoms with E-state index >= 15 is 0 Å². The molecular weight excluding hydrogens is 372 g/mol. The number of aryl methyl sites for hydroxylation is 1. The monoisotopic (exact) mass is 394 g/mol. The second-order valence-corrected chi connectivity index (χ2v) is 9.14. The van der Waals surface area contributed by atoms with Gasteiger partial charge in [-0.2, -0.15) is 0 Å². The number of para-hydroxylation sites is 2. The van der Waals surface area contributed by atoms with Gasteiger partial charge in [0, 0.05) is 6.54 Å². The minimum atomic E-state index is -3.83. The molecule has 0 saturated carbocycles. The number of benzene rings is 2. The van der Waals surface area contributed by atoms with Gasteiger partial charge in [-0.3, -0.25) is 0 Å². The second kappa shape index (κ2) is 6.91. The van der Waals surface area contributed by atoms with Crippen LogP contribution in [0.4, 0.5) is 5.82 Å². The van der Waals surface area contributed by atoms with E-state index in [0.29, 0.717) is 34.7 Å². The van der Waals surface area contributed by atoms with E-state index in [0.717, 1.165) is 6.42 Å². The molecule has 0 amide bonds. The molecule has 0 atom stereocenters. The molecule has 0 saturated heterocycles. The fraction of sp³-hybridized carbons (Fsp3) is 0.238. The predicted molar refractivity (Wildman–Crippen MR) is 111 cm³/mol. The van der Waals surface area contributed by atoms with Gasteiger partial charge in [0.05, 0.1) is 15.9 Å². The molecule has 0 aliphatic heterocycles. The molecule has 2 aromatic carbocycles. The molecule has 6 nitrogen and oxygen atoms in total. The van der Waals surface area contributed by atoms with Gasteiger partial charge in [0.2, 0.25) is 9.84 Å². The first kappa shape index (κ1) is 18.4. The summed E-state index contributed by atoms with van der Waals surface area (Å²) in [5.41, 5.74) is 8.57. The van der Waals surface area contributed by atoms with Crippen molar-refractivity contribution in [1.29, 1.82) is 0 Å². The molecule has 0 fully saturated rings. The van der Waals surface area contributed by atoms with E-state index < -0.39 is 9.84 Å². The van der Waals surface area contributed by atoms with Crippen LogP contribution in [-0.4, -0.2) is 23.0 Å². The van der Waals surface area contributed by atoms with Gasteiger partial charge in [0.1, 0.15) is 16.2 Å². The summed E-state index contributed by atoms with van der Waals surface area (Å²) in [7, 11) is -3.83. The lowest BCUT2D eigenvalue weighted by Crippen LogP contribution is -2.09. The molecule has 4 rings (SSSR count). The first-order chi connectivity index (χ1) is 13.4. The molecule has 0 aliphatic carbocycles. The van der Waals surface area contributed by atoms with Gasteiger partial charge in [-0.05, 0) is 36.6 Å². The Kier molecular flexibility index (Phi) is 4.55. The lowest BCUT2D eigenvalue weighted by molar-refractivity contribution is 0.525. The largest absolute Gasteiger partial charge is 0.384 e. The van der Waals surface area contributed by atoms with Crippen LogP contribution in [0.3, 0.4) is 0 Å². The van der Waals surface area contributed by atoms with Gasteiger partial charge in [-0.1, -0.05) is 44.2 Å². The van der Waals surface area contributed by atoms with E-state index in [9.17, 15) is 8.42 Å². The Bertz CT molecular complexity index is 1260. The Hall–Kier alpha value is -2.93. The van der Waals surface area contributed by atoms with Crippen molar-refractivity contribution in [3.63, 3.8) is 0 Å². The van der Waals surface area contributed by atoms with E-state index in [-0.39, 0.29) is 15.6 Å². The van der Waals surface area contributed by atoms with Crippen LogP contribution < -0.4 is 5.73 Å². The zero-order valence-corrected chi connectivity index (χ0v) is 16.6. The lowest BCUT2D eigenvalue weighted by atomic mass is 10.1. The summed E-state index contributed by atoms with van der Waals surface area (Å²) in [6.45, 7) is 4.81. The van der Waals surface area contributed by atoms with E-state index in [2.05, 4.69) is 18.8 Å². The van der Waals surface area contributed by atoms with E-state index in [4.69, 9.17) is 10.7 Å². The third kappa shape index (κ3) is 3.01. The maximum absolute atomic E-state index is 13.4. The molecule has 0 unspecified atom stereocenters. The van der Waals surface area contributed by atoms with E-state index in [1.54, 1.807) is 34.9 Å². The zero-order chi connectivity index (χ0) is 19.9. The highest BCUT2D eigenvalue weighted by atomic mass is 32.2. The van der Waals surface area contributed by atoms with Crippen molar-refractivity contribution in [3.05, 3.63) is 54.6 Å². The Morgan fingerprint density at radius 2 is 1.57 bits per heavy atom. The smallest absolute Gasteiger partial charge is 0.212 e. The van der Waals surface area contributed by atoms with Gasteiger partial charge < -0.3 is 10.3 Å². The standard InChI is InChI=1S/C21H22N4O2S/c1-14(2)12-13-25-20(22)19(28(26,27)15-8-4-3-5-9-15)18-21(25)24-17-11-7-6-10-16(17)23-18/h3-11,14H,12-13,22H2,1-2H3. The molecule has 0 aliphatic rings. The number of fused-ring (bicyclic) bond motifs is 2. The van der Waals surface area contributed by atoms with Crippen LogP contribution in [0.1, 0.15) is 20.3 Å². The number of nitrogen functional groups attached to an aromatic ring is 1. The Morgan fingerprint density at radius 3 is 2.21 bits per heavy atom. The van der Waals surface area contributed by atoms with Gasteiger partial charge in [-0.25, -0.2) is 18.4 Å². The number of hydrogen-bond acceptors (Lipinski definition) is 5. The third-order valence-electron chi connectivity index (χ3n) is 4.80. The molecule has 144 valence electrons. The summed E-state index contributed by atoms with van der Waals surface area (Å²) in [5.74, 6) is 0.634. The maximum Gasteiger partial charge on any atom is 0.212 e. The fourth-order valence-corrected chi connectivity index (χ4v) is 4.81. The molecule has 2 heterocycles. The molecule has 4 aromatic rings. The molecule has 2 aromatic heterocycles. The SMILES string of the molecule is CC(C)CCn1c(N)c(S(=O)(=O)c2ccccc2)c2nc3ccccc3nc21. The third-order valence-corrected chi connectivity index (χ3v) is 6.63. The van der Waals surface area contributed by atoms with Crippen LogP contribution in [0.15, 0.2) is 64.4 Å². The van der Waals surface area contributed by atoms with Gasteiger partial charge in [0.15, 0.2) is 5.65 Å². The number of nitrogens with two attached hydrogens (primary N) is 1. The highest BCUT2D eigenvalue weighted by molar-refractivity contribution is 7.92. The summed E-state index contributed by atoms with van der Waals surface area (Å²) in [5, 5.41) is 0. The summed E-state index contributed by atoms with van der Waals surface area (Å²) >= 11 is 0.